The largest absolute Gasteiger partial charge is 0.381 e. The molecule has 3 saturated heterocycles. The van der Waals surface area contributed by atoms with Gasteiger partial charge in [0.2, 0.25) is 0 Å². The molecule has 1 spiro atoms. The van der Waals surface area contributed by atoms with E-state index in [0.717, 1.165) is 50.8 Å². The Balaban J connectivity index is 1.40. The number of rotatable bonds is 6. The molecular weight excluding hydrogens is 404 g/mol. The quantitative estimate of drug-likeness (QED) is 0.731. The molecule has 3 heterocycles. The molecule has 4 rings (SSSR count). The van der Waals surface area contributed by atoms with Gasteiger partial charge in [0.15, 0.2) is 0 Å². The number of piperidine rings is 1. The first kappa shape index (κ1) is 22.9. The molecule has 0 aliphatic carbocycles. The fourth-order valence-electron chi connectivity index (χ4n) is 5.38. The Labute approximate surface area is 192 Å². The van der Waals surface area contributed by atoms with E-state index in [9.17, 15) is 9.59 Å². The summed E-state index contributed by atoms with van der Waals surface area (Å²) in [6, 6.07) is 10.6. The van der Waals surface area contributed by atoms with Gasteiger partial charge in [-0.1, -0.05) is 44.2 Å². The molecule has 0 unspecified atom stereocenters. The van der Waals surface area contributed by atoms with Crippen LogP contribution in [0.1, 0.15) is 51.5 Å². The lowest BCUT2D eigenvalue weighted by Gasteiger charge is -2.46. The number of benzene rings is 1. The molecular formula is C25H38N4O3. The zero-order valence-electron chi connectivity index (χ0n) is 19.6. The Hall–Kier alpha value is -2.28. The van der Waals surface area contributed by atoms with Gasteiger partial charge < -0.3 is 24.8 Å². The summed E-state index contributed by atoms with van der Waals surface area (Å²) in [5.74, 6) is 0.580. The number of urea groups is 2. The lowest BCUT2D eigenvalue weighted by atomic mass is 9.86. The lowest BCUT2D eigenvalue weighted by Crippen LogP contribution is -2.58. The Morgan fingerprint density at radius 3 is 2.50 bits per heavy atom. The van der Waals surface area contributed by atoms with E-state index in [1.54, 1.807) is 0 Å². The highest BCUT2D eigenvalue weighted by atomic mass is 16.5. The van der Waals surface area contributed by atoms with Crippen LogP contribution < -0.4 is 5.32 Å². The van der Waals surface area contributed by atoms with Crippen molar-refractivity contribution in [3.8, 4) is 0 Å². The summed E-state index contributed by atoms with van der Waals surface area (Å²) in [5.41, 5.74) is 1.02. The van der Waals surface area contributed by atoms with Gasteiger partial charge in [0.25, 0.3) is 0 Å². The Kier molecular flexibility index (Phi) is 7.23. The van der Waals surface area contributed by atoms with Crippen molar-refractivity contribution in [2.45, 2.75) is 64.1 Å². The predicted molar refractivity (Wildman–Crippen MR) is 124 cm³/mol. The normalized spacial score (nSPS) is 21.6. The second-order valence-electron chi connectivity index (χ2n) is 9.96. The van der Waals surface area contributed by atoms with Gasteiger partial charge in [-0.3, -0.25) is 0 Å². The fourth-order valence-corrected chi connectivity index (χ4v) is 5.38. The minimum absolute atomic E-state index is 0.0309. The number of hydrogen-bond acceptors (Lipinski definition) is 3. The summed E-state index contributed by atoms with van der Waals surface area (Å²) >= 11 is 0. The number of carbonyl (C=O) groups is 2. The summed E-state index contributed by atoms with van der Waals surface area (Å²) < 4.78 is 5.67. The third kappa shape index (κ3) is 5.03. The Bertz CT molecular complexity index is 771. The van der Waals surface area contributed by atoms with Crippen molar-refractivity contribution in [2.75, 3.05) is 39.4 Å². The van der Waals surface area contributed by atoms with Crippen molar-refractivity contribution >= 4 is 12.1 Å². The minimum Gasteiger partial charge on any atom is -0.381 e. The second-order valence-corrected chi connectivity index (χ2v) is 9.96. The molecule has 7 heteroatoms. The van der Waals surface area contributed by atoms with E-state index in [2.05, 4.69) is 36.2 Å². The van der Waals surface area contributed by atoms with E-state index in [-0.39, 0.29) is 23.6 Å². The number of hydrogen-bond donors (Lipinski definition) is 1. The van der Waals surface area contributed by atoms with E-state index >= 15 is 0 Å². The van der Waals surface area contributed by atoms with Crippen LogP contribution in [-0.4, -0.2) is 77.7 Å². The molecule has 3 fully saturated rings. The predicted octanol–water partition coefficient (Wildman–Crippen LogP) is 3.69. The third-order valence-electron chi connectivity index (χ3n) is 7.23. The van der Waals surface area contributed by atoms with Gasteiger partial charge in [0.05, 0.1) is 5.54 Å². The molecule has 1 aromatic rings. The van der Waals surface area contributed by atoms with E-state index < -0.39 is 0 Å². The smallest absolute Gasteiger partial charge is 0.321 e. The zero-order chi connectivity index (χ0) is 22.6. The average Bonchev–Trinajstić information content (AvgIpc) is 3.05. The van der Waals surface area contributed by atoms with Crippen LogP contribution in [0, 0.1) is 5.92 Å². The van der Waals surface area contributed by atoms with Crippen LogP contribution in [0.2, 0.25) is 0 Å². The first-order valence-corrected chi connectivity index (χ1v) is 12.2. The van der Waals surface area contributed by atoms with Gasteiger partial charge in [0.1, 0.15) is 0 Å². The van der Waals surface area contributed by atoms with Crippen LogP contribution in [0.15, 0.2) is 30.3 Å². The molecule has 0 saturated carbocycles. The molecule has 176 valence electrons. The molecule has 0 bridgehead atoms. The maximum atomic E-state index is 13.6. The van der Waals surface area contributed by atoms with Crippen LogP contribution in [0.4, 0.5) is 9.59 Å². The van der Waals surface area contributed by atoms with Crippen molar-refractivity contribution < 1.29 is 14.3 Å². The number of ether oxygens (including phenoxy) is 1. The van der Waals surface area contributed by atoms with Gasteiger partial charge >= 0.3 is 12.1 Å². The molecule has 7 nitrogen and oxygen atoms in total. The van der Waals surface area contributed by atoms with Crippen molar-refractivity contribution in [3.05, 3.63) is 35.9 Å². The number of likely N-dealkylation sites (tertiary alicyclic amines) is 1. The number of carbonyl (C=O) groups excluding carboxylic acids is 2. The zero-order valence-corrected chi connectivity index (χ0v) is 19.6. The van der Waals surface area contributed by atoms with Gasteiger partial charge in [-0.2, -0.15) is 0 Å². The molecule has 3 aliphatic heterocycles. The van der Waals surface area contributed by atoms with E-state index in [1.165, 1.54) is 0 Å². The molecule has 1 N–H and O–H groups in total. The summed E-state index contributed by atoms with van der Waals surface area (Å²) in [7, 11) is 0. The topological polar surface area (TPSA) is 65.1 Å². The highest BCUT2D eigenvalue weighted by Gasteiger charge is 2.53. The maximum absolute atomic E-state index is 13.6. The molecule has 3 aliphatic rings. The second kappa shape index (κ2) is 10.1. The average molecular weight is 443 g/mol. The van der Waals surface area contributed by atoms with E-state index in [1.807, 2.05) is 28.0 Å². The van der Waals surface area contributed by atoms with Crippen LogP contribution in [0.25, 0.3) is 0 Å². The molecule has 0 atom stereocenters. The molecule has 0 radical (unpaired) electrons. The number of amides is 4. The van der Waals surface area contributed by atoms with E-state index in [0.29, 0.717) is 38.8 Å². The van der Waals surface area contributed by atoms with E-state index in [4.69, 9.17) is 4.74 Å². The van der Waals surface area contributed by atoms with Gasteiger partial charge in [-0.25, -0.2) is 9.59 Å². The van der Waals surface area contributed by atoms with Crippen LogP contribution in [-0.2, 0) is 11.3 Å². The molecule has 32 heavy (non-hydrogen) atoms. The third-order valence-corrected chi connectivity index (χ3v) is 7.23. The number of nitrogens with zero attached hydrogens (tertiary/aromatic N) is 3. The first-order chi connectivity index (χ1) is 15.5. The van der Waals surface area contributed by atoms with Gasteiger partial charge in [-0.05, 0) is 43.6 Å². The van der Waals surface area contributed by atoms with Crippen molar-refractivity contribution in [1.82, 2.24) is 20.0 Å². The minimum atomic E-state index is -0.142. The summed E-state index contributed by atoms with van der Waals surface area (Å²) in [6.45, 7) is 9.28. The van der Waals surface area contributed by atoms with Crippen molar-refractivity contribution in [1.29, 1.82) is 0 Å². The van der Waals surface area contributed by atoms with Crippen molar-refractivity contribution in [2.24, 2.45) is 5.92 Å². The Morgan fingerprint density at radius 1 is 1.16 bits per heavy atom. The van der Waals surface area contributed by atoms with Gasteiger partial charge in [-0.15, -0.1) is 0 Å². The number of nitrogens with one attached hydrogen (secondary N) is 1. The highest BCUT2D eigenvalue weighted by molar-refractivity contribution is 5.79. The fraction of sp³-hybridized carbons (Fsp3) is 0.680. The van der Waals surface area contributed by atoms with Gasteiger partial charge in [0, 0.05) is 52.0 Å². The summed E-state index contributed by atoms with van der Waals surface area (Å²) in [6.07, 6.45) is 4.45. The van der Waals surface area contributed by atoms with Crippen LogP contribution >= 0.6 is 0 Å². The molecule has 4 amide bonds. The first-order valence-electron chi connectivity index (χ1n) is 12.2. The molecule has 1 aromatic carbocycles. The lowest BCUT2D eigenvalue weighted by molar-refractivity contribution is -0.0144. The van der Waals surface area contributed by atoms with Crippen LogP contribution in [0.3, 0.4) is 0 Å². The summed E-state index contributed by atoms with van der Waals surface area (Å²) in [5, 5.41) is 3.05. The van der Waals surface area contributed by atoms with Crippen LogP contribution in [0.5, 0.6) is 0 Å². The Morgan fingerprint density at radius 2 is 1.84 bits per heavy atom. The molecule has 0 aromatic heterocycles. The standard InChI is InChI=1S/C25H38N4O3/c1-20(2)8-13-26-23(30)27-14-9-22(10-15-27)29-24(31)28(18-21-6-4-3-5-7-21)19-25(29)11-16-32-17-12-25/h3-7,20,22H,8-19H2,1-2H3,(H,26,30). The maximum Gasteiger partial charge on any atom is 0.321 e. The monoisotopic (exact) mass is 442 g/mol. The van der Waals surface area contributed by atoms with Crippen molar-refractivity contribution in [3.63, 3.8) is 0 Å². The SMILES string of the molecule is CC(C)CCNC(=O)N1CCC(N2C(=O)N(Cc3ccccc3)CC23CCOCC3)CC1. The summed E-state index contributed by atoms with van der Waals surface area (Å²) in [4.78, 5) is 32.3. The highest BCUT2D eigenvalue weighted by Crippen LogP contribution is 2.39.